The van der Waals surface area contributed by atoms with Crippen molar-refractivity contribution in [2.75, 3.05) is 6.54 Å². The number of nitrogens with one attached hydrogen (secondary N) is 1. The van der Waals surface area contributed by atoms with Gasteiger partial charge in [0.05, 0.1) is 4.88 Å². The second-order valence-electron chi connectivity index (χ2n) is 4.51. The molecule has 2 nitrogen and oxygen atoms in total. The number of hydrogen-bond acceptors (Lipinski definition) is 3. The second-order valence-corrected chi connectivity index (χ2v) is 5.97. The molecule has 2 aromatic rings. The highest BCUT2D eigenvalue weighted by Gasteiger charge is 2.34. The summed E-state index contributed by atoms with van der Waals surface area (Å²) in [6, 6.07) is 5.18. The fraction of sp³-hybridized carbons (Fsp3) is 0.357. The summed E-state index contributed by atoms with van der Waals surface area (Å²) in [7, 11) is 0. The Morgan fingerprint density at radius 3 is 2.71 bits per heavy atom. The smallest absolute Gasteiger partial charge is 0.313 e. The summed E-state index contributed by atoms with van der Waals surface area (Å²) in [4.78, 5) is 3.96. The molecule has 0 radical (unpaired) electrons. The van der Waals surface area contributed by atoms with E-state index in [9.17, 15) is 13.2 Å². The lowest BCUT2D eigenvalue weighted by Gasteiger charge is -2.09. The van der Waals surface area contributed by atoms with Gasteiger partial charge in [0, 0.05) is 17.8 Å². The molecule has 0 aliphatic heterocycles. The number of alkyl halides is 3. The molecular formula is C14H14ClF3N2S. The maximum atomic E-state index is 12.6. The summed E-state index contributed by atoms with van der Waals surface area (Å²) in [5, 5.41) is 2.96. The van der Waals surface area contributed by atoms with E-state index < -0.39 is 11.2 Å². The van der Waals surface area contributed by atoms with E-state index in [2.05, 4.69) is 10.3 Å². The Morgan fingerprint density at radius 1 is 1.33 bits per heavy atom. The third-order valence-corrected chi connectivity index (χ3v) is 4.13. The standard InChI is InChI=1S/C14H14ClF3N2S/c1-2-5-19-7-9-6-10(15)3-4-11(9)12-8-20-13(21-12)14(16,17)18/h3-4,6,8,19H,2,5,7H2,1H3. The molecule has 7 heteroatoms. The first-order valence-electron chi connectivity index (χ1n) is 6.44. The average molecular weight is 335 g/mol. The molecule has 2 rings (SSSR count). The van der Waals surface area contributed by atoms with Gasteiger partial charge in [-0.3, -0.25) is 0 Å². The van der Waals surface area contributed by atoms with Crippen LogP contribution in [0.2, 0.25) is 5.02 Å². The minimum absolute atomic E-state index is 0.493. The van der Waals surface area contributed by atoms with Gasteiger partial charge in [0.25, 0.3) is 0 Å². The topological polar surface area (TPSA) is 24.9 Å². The third kappa shape index (κ3) is 4.18. The fourth-order valence-corrected chi connectivity index (χ4v) is 2.92. The van der Waals surface area contributed by atoms with Crippen LogP contribution in [-0.2, 0) is 12.7 Å². The largest absolute Gasteiger partial charge is 0.443 e. The summed E-state index contributed by atoms with van der Waals surface area (Å²) < 4.78 is 37.9. The second kappa shape index (κ2) is 6.77. The van der Waals surface area contributed by atoms with Crippen LogP contribution in [0.15, 0.2) is 24.4 Å². The van der Waals surface area contributed by atoms with Gasteiger partial charge in [-0.2, -0.15) is 13.2 Å². The number of thiazole rings is 1. The number of nitrogens with zero attached hydrogens (tertiary/aromatic N) is 1. The van der Waals surface area contributed by atoms with Crippen molar-refractivity contribution in [2.24, 2.45) is 0 Å². The Bertz CT molecular complexity index is 611. The number of benzene rings is 1. The molecule has 0 spiro atoms. The quantitative estimate of drug-likeness (QED) is 0.780. The van der Waals surface area contributed by atoms with Gasteiger partial charge in [-0.25, -0.2) is 4.98 Å². The summed E-state index contributed by atoms with van der Waals surface area (Å²) in [5.74, 6) is 0. The van der Waals surface area contributed by atoms with Crippen LogP contribution in [-0.4, -0.2) is 11.5 Å². The molecule has 0 aliphatic rings. The van der Waals surface area contributed by atoms with Crippen LogP contribution in [0.3, 0.4) is 0 Å². The maximum Gasteiger partial charge on any atom is 0.443 e. The van der Waals surface area contributed by atoms with Crippen molar-refractivity contribution >= 4 is 22.9 Å². The first kappa shape index (κ1) is 16.3. The average Bonchev–Trinajstić information content (AvgIpc) is 2.88. The van der Waals surface area contributed by atoms with Crippen LogP contribution in [0.5, 0.6) is 0 Å². The van der Waals surface area contributed by atoms with Crippen molar-refractivity contribution in [3.05, 3.63) is 40.0 Å². The van der Waals surface area contributed by atoms with Crippen molar-refractivity contribution in [3.8, 4) is 10.4 Å². The van der Waals surface area contributed by atoms with Crippen LogP contribution >= 0.6 is 22.9 Å². The Labute approximate surface area is 130 Å². The monoisotopic (exact) mass is 334 g/mol. The lowest BCUT2D eigenvalue weighted by atomic mass is 10.1. The van der Waals surface area contributed by atoms with Crippen LogP contribution in [0.1, 0.15) is 23.9 Å². The zero-order valence-corrected chi connectivity index (χ0v) is 12.9. The number of halogens is 4. The minimum atomic E-state index is -4.41. The summed E-state index contributed by atoms with van der Waals surface area (Å²) in [6.07, 6.45) is -2.16. The summed E-state index contributed by atoms with van der Waals surface area (Å²) in [5.41, 5.74) is 1.60. The van der Waals surface area contributed by atoms with Crippen LogP contribution in [0.4, 0.5) is 13.2 Å². The predicted molar refractivity (Wildman–Crippen MR) is 79.6 cm³/mol. The van der Waals surface area contributed by atoms with Crippen molar-refractivity contribution in [2.45, 2.75) is 26.1 Å². The van der Waals surface area contributed by atoms with Crippen molar-refractivity contribution in [1.82, 2.24) is 10.3 Å². The van der Waals surface area contributed by atoms with Crippen LogP contribution in [0.25, 0.3) is 10.4 Å². The van der Waals surface area contributed by atoms with E-state index in [-0.39, 0.29) is 0 Å². The SMILES string of the molecule is CCCNCc1cc(Cl)ccc1-c1cnc(C(F)(F)F)s1. The van der Waals surface area contributed by atoms with Crippen LogP contribution < -0.4 is 5.32 Å². The molecule has 0 bridgehead atoms. The summed E-state index contributed by atoms with van der Waals surface area (Å²) in [6.45, 7) is 3.44. The molecule has 1 aromatic heterocycles. The molecule has 0 amide bonds. The normalized spacial score (nSPS) is 11.9. The molecule has 114 valence electrons. The molecule has 0 unspecified atom stereocenters. The lowest BCUT2D eigenvalue weighted by molar-refractivity contribution is -0.137. The third-order valence-electron chi connectivity index (χ3n) is 2.82. The highest BCUT2D eigenvalue weighted by Crippen LogP contribution is 2.37. The van der Waals surface area contributed by atoms with Crippen molar-refractivity contribution in [3.63, 3.8) is 0 Å². The maximum absolute atomic E-state index is 12.6. The van der Waals surface area contributed by atoms with E-state index >= 15 is 0 Å². The zero-order valence-electron chi connectivity index (χ0n) is 11.3. The highest BCUT2D eigenvalue weighted by molar-refractivity contribution is 7.15. The minimum Gasteiger partial charge on any atom is -0.313 e. The van der Waals surface area contributed by atoms with E-state index in [1.165, 1.54) is 6.20 Å². The summed E-state index contributed by atoms with van der Waals surface area (Å²) >= 11 is 6.62. The van der Waals surface area contributed by atoms with Gasteiger partial charge in [-0.15, -0.1) is 11.3 Å². The molecule has 1 N–H and O–H groups in total. The first-order valence-corrected chi connectivity index (χ1v) is 7.63. The molecule has 1 aromatic carbocycles. The molecule has 0 atom stereocenters. The molecule has 21 heavy (non-hydrogen) atoms. The fourth-order valence-electron chi connectivity index (χ4n) is 1.88. The van der Waals surface area contributed by atoms with Gasteiger partial charge >= 0.3 is 6.18 Å². The highest BCUT2D eigenvalue weighted by atomic mass is 35.5. The van der Waals surface area contributed by atoms with E-state index in [4.69, 9.17) is 11.6 Å². The molecule has 1 heterocycles. The van der Waals surface area contributed by atoms with Gasteiger partial charge in [0.1, 0.15) is 0 Å². The Kier molecular flexibility index (Phi) is 5.24. The van der Waals surface area contributed by atoms with Gasteiger partial charge < -0.3 is 5.32 Å². The lowest BCUT2D eigenvalue weighted by Crippen LogP contribution is -2.14. The van der Waals surface area contributed by atoms with Crippen molar-refractivity contribution < 1.29 is 13.2 Å². The Balaban J connectivity index is 2.32. The van der Waals surface area contributed by atoms with Crippen molar-refractivity contribution in [1.29, 1.82) is 0 Å². The zero-order chi connectivity index (χ0) is 15.5. The van der Waals surface area contributed by atoms with Gasteiger partial charge in [0.2, 0.25) is 0 Å². The molecule has 0 saturated carbocycles. The Hall–Kier alpha value is -1.11. The van der Waals surface area contributed by atoms with Gasteiger partial charge in [0.15, 0.2) is 5.01 Å². The first-order chi connectivity index (χ1) is 9.91. The molecule has 0 fully saturated rings. The van der Waals surface area contributed by atoms with E-state index in [0.717, 1.165) is 24.1 Å². The molecule has 0 aliphatic carbocycles. The van der Waals surface area contributed by atoms with E-state index in [1.54, 1.807) is 18.2 Å². The molecule has 0 saturated heterocycles. The van der Waals surface area contributed by atoms with Gasteiger partial charge in [-0.1, -0.05) is 24.6 Å². The molecular weight excluding hydrogens is 321 g/mol. The Morgan fingerprint density at radius 2 is 2.10 bits per heavy atom. The number of hydrogen-bond donors (Lipinski definition) is 1. The van der Waals surface area contributed by atoms with E-state index in [1.807, 2.05) is 6.92 Å². The van der Waals surface area contributed by atoms with E-state index in [0.29, 0.717) is 27.8 Å². The van der Waals surface area contributed by atoms with Crippen LogP contribution in [0, 0.1) is 0 Å². The number of aromatic nitrogens is 1. The number of rotatable bonds is 5. The van der Waals surface area contributed by atoms with Gasteiger partial charge in [-0.05, 0) is 36.2 Å². The predicted octanol–water partition coefficient (Wildman–Crippen LogP) is 4.98.